The van der Waals surface area contributed by atoms with Crippen LogP contribution in [0.25, 0.3) is 0 Å². The number of nitrogens with zero attached hydrogens (tertiary/aromatic N) is 2. The molecule has 7 nitrogen and oxygen atoms in total. The molecule has 0 spiro atoms. The van der Waals surface area contributed by atoms with Crippen LogP contribution in [0.1, 0.15) is 58.0 Å². The fourth-order valence-electron chi connectivity index (χ4n) is 2.44. The summed E-state index contributed by atoms with van der Waals surface area (Å²) < 4.78 is 27.5. The lowest BCUT2D eigenvalue weighted by Gasteiger charge is -2.19. The topological polar surface area (TPSA) is 101 Å². The van der Waals surface area contributed by atoms with Gasteiger partial charge in [-0.2, -0.15) is 4.72 Å². The second-order valence-electron chi connectivity index (χ2n) is 7.71. The van der Waals surface area contributed by atoms with Crippen molar-refractivity contribution in [3.8, 4) is 0 Å². The Labute approximate surface area is 171 Å². The summed E-state index contributed by atoms with van der Waals surface area (Å²) in [6.45, 7) is 9.76. The number of aryl methyl sites for hydroxylation is 1. The van der Waals surface area contributed by atoms with E-state index in [0.29, 0.717) is 5.13 Å². The maximum atomic E-state index is 12.6. The van der Waals surface area contributed by atoms with Gasteiger partial charge in [-0.3, -0.25) is 10.1 Å². The summed E-state index contributed by atoms with van der Waals surface area (Å²) in [7, 11) is -3.81. The quantitative estimate of drug-likeness (QED) is 0.675. The standard InChI is InChI=1S/C19H28N4O3S2/c1-6-7-8-16-21-22-18(27-16)20-17(24)13(2)23-28(25,26)15-11-9-14(10-12-15)19(3,4)5/h9-13,23H,6-8H2,1-5H3,(H,20,22,24)/t13-/m1/s1. The van der Waals surface area contributed by atoms with E-state index in [9.17, 15) is 13.2 Å². The molecule has 0 bridgehead atoms. The van der Waals surface area contributed by atoms with Crippen molar-refractivity contribution in [2.45, 2.75) is 70.2 Å². The fourth-order valence-corrected chi connectivity index (χ4v) is 4.42. The summed E-state index contributed by atoms with van der Waals surface area (Å²) in [5, 5.41) is 11.8. The van der Waals surface area contributed by atoms with Crippen molar-refractivity contribution in [2.24, 2.45) is 0 Å². The third kappa shape index (κ3) is 6.08. The summed E-state index contributed by atoms with van der Waals surface area (Å²) >= 11 is 1.31. The number of carbonyl (C=O) groups is 1. The molecule has 1 atom stereocenters. The van der Waals surface area contributed by atoms with Gasteiger partial charge in [-0.15, -0.1) is 10.2 Å². The largest absolute Gasteiger partial charge is 0.299 e. The lowest BCUT2D eigenvalue weighted by molar-refractivity contribution is -0.117. The highest BCUT2D eigenvalue weighted by Crippen LogP contribution is 2.23. The summed E-state index contributed by atoms with van der Waals surface area (Å²) in [5.41, 5.74) is 0.966. The van der Waals surface area contributed by atoms with Crippen molar-refractivity contribution in [3.63, 3.8) is 0 Å². The highest BCUT2D eigenvalue weighted by Gasteiger charge is 2.23. The van der Waals surface area contributed by atoms with Crippen molar-refractivity contribution in [3.05, 3.63) is 34.8 Å². The molecule has 0 aliphatic carbocycles. The van der Waals surface area contributed by atoms with Gasteiger partial charge in [-0.25, -0.2) is 8.42 Å². The van der Waals surface area contributed by atoms with Crippen LogP contribution >= 0.6 is 11.3 Å². The highest BCUT2D eigenvalue weighted by atomic mass is 32.2. The van der Waals surface area contributed by atoms with Gasteiger partial charge < -0.3 is 0 Å². The first-order valence-electron chi connectivity index (χ1n) is 9.29. The molecule has 2 N–H and O–H groups in total. The summed E-state index contributed by atoms with van der Waals surface area (Å²) in [6.07, 6.45) is 2.88. The monoisotopic (exact) mass is 424 g/mol. The minimum Gasteiger partial charge on any atom is -0.299 e. The number of hydrogen-bond acceptors (Lipinski definition) is 6. The van der Waals surface area contributed by atoms with E-state index in [2.05, 4.69) is 47.9 Å². The lowest BCUT2D eigenvalue weighted by Crippen LogP contribution is -2.41. The first-order valence-corrected chi connectivity index (χ1v) is 11.6. The van der Waals surface area contributed by atoms with Crippen LogP contribution in [0.5, 0.6) is 0 Å². The molecule has 2 rings (SSSR count). The average Bonchev–Trinajstić information content (AvgIpc) is 3.06. The Kier molecular flexibility index (Phi) is 7.30. The summed E-state index contributed by atoms with van der Waals surface area (Å²) in [6, 6.07) is 5.74. The molecule has 0 fully saturated rings. The van der Waals surface area contributed by atoms with E-state index in [1.807, 2.05) is 0 Å². The number of benzene rings is 1. The third-order valence-electron chi connectivity index (χ3n) is 4.20. The SMILES string of the molecule is CCCCc1nnc(NC(=O)[C@@H](C)NS(=O)(=O)c2ccc(C(C)(C)C)cc2)s1. The van der Waals surface area contributed by atoms with E-state index in [1.54, 1.807) is 24.3 Å². The molecule has 0 saturated heterocycles. The predicted molar refractivity (Wildman–Crippen MR) is 112 cm³/mol. The second-order valence-corrected chi connectivity index (χ2v) is 10.5. The number of anilines is 1. The van der Waals surface area contributed by atoms with Gasteiger partial charge in [0.25, 0.3) is 0 Å². The van der Waals surface area contributed by atoms with Gasteiger partial charge >= 0.3 is 0 Å². The maximum absolute atomic E-state index is 12.6. The van der Waals surface area contributed by atoms with E-state index < -0.39 is 22.0 Å². The molecular formula is C19H28N4O3S2. The van der Waals surface area contributed by atoms with Gasteiger partial charge in [-0.1, -0.05) is 57.6 Å². The van der Waals surface area contributed by atoms with Crippen LogP contribution in [0.4, 0.5) is 5.13 Å². The van der Waals surface area contributed by atoms with E-state index in [0.717, 1.165) is 29.8 Å². The first kappa shape index (κ1) is 22.4. The van der Waals surface area contributed by atoms with Crippen molar-refractivity contribution in [1.29, 1.82) is 0 Å². The number of aromatic nitrogens is 2. The smallest absolute Gasteiger partial charge is 0.244 e. The number of sulfonamides is 1. The van der Waals surface area contributed by atoms with Gasteiger partial charge in [-0.05, 0) is 36.5 Å². The Balaban J connectivity index is 2.01. The zero-order chi connectivity index (χ0) is 20.9. The van der Waals surface area contributed by atoms with Crippen LogP contribution < -0.4 is 10.0 Å². The van der Waals surface area contributed by atoms with Crippen LogP contribution in [-0.4, -0.2) is 30.6 Å². The number of amides is 1. The molecule has 9 heteroatoms. The predicted octanol–water partition coefficient (Wildman–Crippen LogP) is 3.48. The molecule has 1 aromatic carbocycles. The molecule has 154 valence electrons. The maximum Gasteiger partial charge on any atom is 0.244 e. The zero-order valence-corrected chi connectivity index (χ0v) is 18.6. The van der Waals surface area contributed by atoms with Crippen molar-refractivity contribution < 1.29 is 13.2 Å². The van der Waals surface area contributed by atoms with Crippen LogP contribution in [0.3, 0.4) is 0 Å². The lowest BCUT2D eigenvalue weighted by atomic mass is 9.87. The van der Waals surface area contributed by atoms with E-state index in [1.165, 1.54) is 18.3 Å². The zero-order valence-electron chi connectivity index (χ0n) is 16.9. The number of rotatable bonds is 8. The molecule has 0 saturated carbocycles. The van der Waals surface area contributed by atoms with E-state index in [4.69, 9.17) is 0 Å². The van der Waals surface area contributed by atoms with E-state index in [-0.39, 0.29) is 10.3 Å². The van der Waals surface area contributed by atoms with Crippen LogP contribution in [0, 0.1) is 0 Å². The normalized spacial score (nSPS) is 13.3. The number of carbonyl (C=O) groups excluding carboxylic acids is 1. The Morgan fingerprint density at radius 2 is 1.82 bits per heavy atom. The molecule has 1 aromatic heterocycles. The van der Waals surface area contributed by atoms with Crippen molar-refractivity contribution in [2.75, 3.05) is 5.32 Å². The Morgan fingerprint density at radius 3 is 2.39 bits per heavy atom. The molecule has 2 aromatic rings. The highest BCUT2D eigenvalue weighted by molar-refractivity contribution is 7.89. The Hall–Kier alpha value is -1.84. The first-order chi connectivity index (χ1) is 13.0. The van der Waals surface area contributed by atoms with Gasteiger partial charge in [0.2, 0.25) is 21.1 Å². The molecule has 1 heterocycles. The molecule has 1 amide bonds. The molecule has 0 aliphatic heterocycles. The summed E-state index contributed by atoms with van der Waals surface area (Å²) in [4.78, 5) is 12.5. The molecular weight excluding hydrogens is 396 g/mol. The van der Waals surface area contributed by atoms with Gasteiger partial charge in [0.05, 0.1) is 10.9 Å². The average molecular weight is 425 g/mol. The Morgan fingerprint density at radius 1 is 1.18 bits per heavy atom. The van der Waals surface area contributed by atoms with E-state index >= 15 is 0 Å². The molecule has 0 unspecified atom stereocenters. The van der Waals surface area contributed by atoms with Gasteiger partial charge in [0, 0.05) is 6.42 Å². The van der Waals surface area contributed by atoms with Gasteiger partial charge in [0.15, 0.2) is 0 Å². The van der Waals surface area contributed by atoms with Gasteiger partial charge in [0.1, 0.15) is 5.01 Å². The van der Waals surface area contributed by atoms with Crippen LogP contribution in [0.2, 0.25) is 0 Å². The van der Waals surface area contributed by atoms with Crippen molar-refractivity contribution in [1.82, 2.24) is 14.9 Å². The van der Waals surface area contributed by atoms with Crippen LogP contribution in [-0.2, 0) is 26.7 Å². The second kappa shape index (κ2) is 9.11. The minimum absolute atomic E-state index is 0.0688. The third-order valence-corrected chi connectivity index (χ3v) is 6.65. The molecule has 28 heavy (non-hydrogen) atoms. The number of unbranched alkanes of at least 4 members (excludes halogenated alkanes) is 1. The molecule has 0 radical (unpaired) electrons. The van der Waals surface area contributed by atoms with Crippen LogP contribution in [0.15, 0.2) is 29.2 Å². The fraction of sp³-hybridized carbons (Fsp3) is 0.526. The summed E-state index contributed by atoms with van der Waals surface area (Å²) in [5.74, 6) is -0.479. The minimum atomic E-state index is -3.81. The molecule has 0 aliphatic rings. The Bertz CT molecular complexity index is 900. The number of nitrogens with one attached hydrogen (secondary N) is 2. The number of hydrogen-bond donors (Lipinski definition) is 2. The van der Waals surface area contributed by atoms with Crippen molar-refractivity contribution >= 4 is 32.4 Å².